The molecule has 0 aliphatic carbocycles. The smallest absolute Gasteiger partial charge is 0.252 e. The molecule has 4 heteroatoms. The van der Waals surface area contributed by atoms with Gasteiger partial charge in [-0.05, 0) is 116 Å². The molecule has 0 fully saturated rings. The second kappa shape index (κ2) is 10.7. The van der Waals surface area contributed by atoms with Crippen molar-refractivity contribution in [2.75, 3.05) is 4.90 Å². The Hall–Kier alpha value is -6.00. The molecule has 0 unspecified atom stereocenters. The van der Waals surface area contributed by atoms with Gasteiger partial charge in [0.1, 0.15) is 0 Å². The van der Waals surface area contributed by atoms with Crippen LogP contribution in [0.3, 0.4) is 0 Å². The van der Waals surface area contributed by atoms with E-state index in [1.807, 2.05) is 0 Å². The van der Waals surface area contributed by atoms with E-state index in [2.05, 4.69) is 203 Å². The summed E-state index contributed by atoms with van der Waals surface area (Å²) in [6.07, 6.45) is 0. The molecule has 6 bridgehead atoms. The number of hydrogen-bond donors (Lipinski definition) is 0. The fraction of sp³-hybridized carbons (Fsp3) is 0.208. The number of hydrogen-bond acceptors (Lipinski definition) is 1. The van der Waals surface area contributed by atoms with E-state index in [-0.39, 0.29) is 23.0 Å². The predicted octanol–water partition coefficient (Wildman–Crippen LogP) is 11.7. The largest absolute Gasteiger partial charge is 0.310 e. The second-order valence-corrected chi connectivity index (χ2v) is 19.5. The summed E-state index contributed by atoms with van der Waals surface area (Å²) in [6, 6.07) is 51.8. The third-order valence-corrected chi connectivity index (χ3v) is 13.8. The average Bonchev–Trinajstić information content (AvgIpc) is 3.71. The molecule has 0 N–H and O–H groups in total. The zero-order valence-corrected chi connectivity index (χ0v) is 34.1. The number of nitrogens with zero attached hydrogens (tertiary/aromatic N) is 3. The lowest BCUT2D eigenvalue weighted by molar-refractivity contribution is 0.590. The van der Waals surface area contributed by atoms with Crippen LogP contribution in [0.1, 0.15) is 77.6 Å². The maximum absolute atomic E-state index is 2.65. The predicted molar refractivity (Wildman–Crippen MR) is 244 cm³/mol. The van der Waals surface area contributed by atoms with Crippen molar-refractivity contribution in [3.05, 3.63) is 156 Å². The number of fused-ring (bicyclic) bond motifs is 12. The lowest BCUT2D eigenvalue weighted by atomic mass is 9.34. The van der Waals surface area contributed by atoms with Gasteiger partial charge in [-0.3, -0.25) is 0 Å². The van der Waals surface area contributed by atoms with E-state index in [9.17, 15) is 0 Å². The third kappa shape index (κ3) is 4.28. The van der Waals surface area contributed by atoms with Gasteiger partial charge < -0.3 is 14.0 Å². The summed E-state index contributed by atoms with van der Waals surface area (Å²) in [5.74, 6) is 0. The molecule has 9 aromatic rings. The van der Waals surface area contributed by atoms with Gasteiger partial charge in [0.05, 0.1) is 22.1 Å². The van der Waals surface area contributed by atoms with Gasteiger partial charge >= 0.3 is 0 Å². The standard InChI is InChI=1S/C53H46BN3/c1-51(2,3)31-18-23-44-39(26-31)41-30-40-38-21-17-34-28-46(38)57-47-29-37(55(35-14-10-9-11-15-35)36-16-12-13-33(25-36)53(34,7)8)20-22-42(47)54-43-27-32(52(4,5)6)19-24-45(43)56(44)50(41)48(54)49(40)57/h9-30H,1-8H3. The highest BCUT2D eigenvalue weighted by Crippen LogP contribution is 2.46. The summed E-state index contributed by atoms with van der Waals surface area (Å²) in [4.78, 5) is 2.45. The monoisotopic (exact) mass is 735 g/mol. The van der Waals surface area contributed by atoms with Crippen molar-refractivity contribution in [1.29, 1.82) is 0 Å². The van der Waals surface area contributed by atoms with Crippen molar-refractivity contribution in [3.63, 3.8) is 0 Å². The summed E-state index contributed by atoms with van der Waals surface area (Å²) in [6.45, 7) is 18.9. The van der Waals surface area contributed by atoms with E-state index in [1.165, 1.54) is 99.3 Å². The maximum atomic E-state index is 2.65. The van der Waals surface area contributed by atoms with Crippen molar-refractivity contribution in [3.8, 4) is 11.4 Å². The summed E-state index contributed by atoms with van der Waals surface area (Å²) < 4.78 is 5.26. The molecule has 0 saturated carbocycles. The second-order valence-electron chi connectivity index (χ2n) is 19.5. The van der Waals surface area contributed by atoms with Crippen LogP contribution in [0, 0.1) is 0 Å². The van der Waals surface area contributed by atoms with Gasteiger partial charge in [-0.1, -0.05) is 122 Å². The van der Waals surface area contributed by atoms with Crippen molar-refractivity contribution < 1.29 is 0 Å². The van der Waals surface area contributed by atoms with E-state index < -0.39 is 0 Å². The molecule has 0 amide bonds. The topological polar surface area (TPSA) is 13.1 Å². The van der Waals surface area contributed by atoms with Crippen molar-refractivity contribution in [1.82, 2.24) is 9.13 Å². The number of benzene rings is 7. The lowest BCUT2D eigenvalue weighted by Crippen LogP contribution is -2.59. The highest BCUT2D eigenvalue weighted by molar-refractivity contribution is 7.00. The van der Waals surface area contributed by atoms with Gasteiger partial charge in [0, 0.05) is 55.4 Å². The molecule has 0 radical (unpaired) electrons. The fourth-order valence-electron chi connectivity index (χ4n) is 10.6. The Morgan fingerprint density at radius 3 is 1.89 bits per heavy atom. The molecule has 2 aromatic heterocycles. The van der Waals surface area contributed by atoms with E-state index in [1.54, 1.807) is 0 Å². The van der Waals surface area contributed by atoms with Crippen molar-refractivity contribution >= 4 is 83.8 Å². The fourth-order valence-corrected chi connectivity index (χ4v) is 10.6. The van der Waals surface area contributed by atoms with Gasteiger partial charge in [0.2, 0.25) is 0 Å². The first-order chi connectivity index (χ1) is 27.3. The molecule has 0 spiro atoms. The Balaban J connectivity index is 1.30. The van der Waals surface area contributed by atoms with Crippen molar-refractivity contribution in [2.45, 2.75) is 71.6 Å². The average molecular weight is 736 g/mol. The van der Waals surface area contributed by atoms with Gasteiger partial charge in [0.15, 0.2) is 0 Å². The van der Waals surface area contributed by atoms with Gasteiger partial charge in [-0.25, -0.2) is 0 Å². The molecule has 0 saturated heterocycles. The van der Waals surface area contributed by atoms with Crippen molar-refractivity contribution in [2.24, 2.45) is 0 Å². The molecule has 57 heavy (non-hydrogen) atoms. The zero-order chi connectivity index (χ0) is 38.9. The molecular weight excluding hydrogens is 689 g/mol. The minimum absolute atomic E-state index is 0.00887. The van der Waals surface area contributed by atoms with Crippen LogP contribution in [0.2, 0.25) is 0 Å². The quantitative estimate of drug-likeness (QED) is 0.153. The number of rotatable bonds is 1. The molecule has 5 heterocycles. The van der Waals surface area contributed by atoms with E-state index in [0.717, 1.165) is 11.4 Å². The minimum Gasteiger partial charge on any atom is -0.310 e. The van der Waals surface area contributed by atoms with Gasteiger partial charge in [0.25, 0.3) is 6.71 Å². The minimum atomic E-state index is -0.229. The van der Waals surface area contributed by atoms with Crippen LogP contribution >= 0.6 is 0 Å². The van der Waals surface area contributed by atoms with Crippen LogP contribution in [-0.4, -0.2) is 15.8 Å². The molecular formula is C53H46BN3. The van der Waals surface area contributed by atoms with E-state index >= 15 is 0 Å². The summed E-state index contributed by atoms with van der Waals surface area (Å²) in [7, 11) is 0. The molecule has 3 aliphatic rings. The normalized spacial score (nSPS) is 15.1. The van der Waals surface area contributed by atoms with Gasteiger partial charge in [-0.2, -0.15) is 0 Å². The number of anilines is 3. The Kier molecular flexibility index (Phi) is 6.22. The maximum Gasteiger partial charge on any atom is 0.252 e. The molecule has 7 aromatic carbocycles. The lowest BCUT2D eigenvalue weighted by Gasteiger charge is -2.35. The van der Waals surface area contributed by atoms with E-state index in [4.69, 9.17) is 0 Å². The highest BCUT2D eigenvalue weighted by atomic mass is 15.1. The van der Waals surface area contributed by atoms with Crippen LogP contribution < -0.4 is 21.3 Å². The first-order valence-corrected chi connectivity index (χ1v) is 20.6. The Morgan fingerprint density at radius 2 is 1.12 bits per heavy atom. The Bertz CT molecular complexity index is 3240. The van der Waals surface area contributed by atoms with E-state index in [0.29, 0.717) is 0 Å². The summed E-state index contributed by atoms with van der Waals surface area (Å²) >= 11 is 0. The number of aromatic nitrogens is 2. The molecule has 0 atom stereocenters. The van der Waals surface area contributed by atoms with Crippen LogP contribution in [0.4, 0.5) is 17.1 Å². The van der Waals surface area contributed by atoms with Crippen LogP contribution in [-0.2, 0) is 16.2 Å². The summed E-state index contributed by atoms with van der Waals surface area (Å²) in [5, 5.41) is 5.34. The highest BCUT2D eigenvalue weighted by Gasteiger charge is 2.42. The zero-order valence-electron chi connectivity index (χ0n) is 34.1. The van der Waals surface area contributed by atoms with Crippen LogP contribution in [0.25, 0.3) is 55.0 Å². The first kappa shape index (κ1) is 33.2. The Labute approximate surface area is 335 Å². The number of para-hydroxylation sites is 1. The molecule has 12 rings (SSSR count). The van der Waals surface area contributed by atoms with Crippen LogP contribution in [0.15, 0.2) is 133 Å². The molecule has 3 aliphatic heterocycles. The molecule has 276 valence electrons. The van der Waals surface area contributed by atoms with Crippen LogP contribution in [0.5, 0.6) is 0 Å². The first-order valence-electron chi connectivity index (χ1n) is 20.6. The summed E-state index contributed by atoms with van der Waals surface area (Å²) in [5.41, 5.74) is 20.7. The third-order valence-electron chi connectivity index (χ3n) is 13.8. The SMILES string of the molecule is CC(C)(C)c1ccc2c(c1)B1c3ccc4cc3-n3c5cc(ccc5c5cc6c7cc(C(C)(C)C)ccc7n-2c6c1c53)C(C)(C)c1cccc(c1)N4c1ccccc1. The molecule has 3 nitrogen and oxygen atoms in total. The Morgan fingerprint density at radius 1 is 0.456 bits per heavy atom. The van der Waals surface area contributed by atoms with Gasteiger partial charge in [-0.15, -0.1) is 0 Å².